The highest BCUT2D eigenvalue weighted by atomic mass is 16.5. The second-order valence-corrected chi connectivity index (χ2v) is 12.7. The minimum absolute atomic E-state index is 0.0288. The van der Waals surface area contributed by atoms with E-state index < -0.39 is 0 Å². The van der Waals surface area contributed by atoms with Crippen LogP contribution >= 0.6 is 0 Å². The average Bonchev–Trinajstić information content (AvgIpc) is 3.06. The van der Waals surface area contributed by atoms with E-state index in [1.165, 1.54) is 51.9 Å². The third kappa shape index (κ3) is 4.11. The predicted molar refractivity (Wildman–Crippen MR) is 129 cm³/mol. The number of carbonyl (C=O) groups excluding carboxylic acids is 2. The highest BCUT2D eigenvalue weighted by Gasteiger charge is 2.61. The van der Waals surface area contributed by atoms with Crippen molar-refractivity contribution in [2.24, 2.45) is 46.3 Å². The van der Waals surface area contributed by atoms with Crippen LogP contribution in [0.15, 0.2) is 11.6 Å². The first-order chi connectivity index (χ1) is 15.1. The molecule has 3 heteroatoms. The van der Waals surface area contributed by atoms with Gasteiger partial charge in [0.1, 0.15) is 6.10 Å². The van der Waals surface area contributed by atoms with E-state index in [-0.39, 0.29) is 17.5 Å². The van der Waals surface area contributed by atoms with Crippen LogP contribution in [0.3, 0.4) is 0 Å². The number of ketones is 1. The Balaban J connectivity index is 1.52. The normalized spacial score (nSPS) is 42.0. The number of esters is 1. The summed E-state index contributed by atoms with van der Waals surface area (Å²) in [5.74, 6) is 4.36. The zero-order valence-electron chi connectivity index (χ0n) is 21.4. The van der Waals surface area contributed by atoms with Crippen molar-refractivity contribution in [2.45, 2.75) is 112 Å². The molecule has 0 aromatic heterocycles. The molecule has 0 heterocycles. The molecule has 0 aromatic rings. The van der Waals surface area contributed by atoms with Crippen LogP contribution in [0.5, 0.6) is 0 Å². The number of ether oxygens (including phenoxy) is 1. The van der Waals surface area contributed by atoms with Crippen LogP contribution in [0.25, 0.3) is 0 Å². The molecule has 3 unspecified atom stereocenters. The molecular formula is C29H46O3. The molecule has 0 N–H and O–H groups in total. The molecule has 180 valence electrons. The van der Waals surface area contributed by atoms with Gasteiger partial charge in [0.15, 0.2) is 5.78 Å². The fourth-order valence-corrected chi connectivity index (χ4v) is 8.85. The summed E-state index contributed by atoms with van der Waals surface area (Å²) in [6.07, 6.45) is 13.7. The van der Waals surface area contributed by atoms with Gasteiger partial charge in [0, 0.05) is 18.9 Å². The third-order valence-corrected chi connectivity index (χ3v) is 10.4. The number of hydrogen-bond donors (Lipinski definition) is 0. The Morgan fingerprint density at radius 3 is 2.50 bits per heavy atom. The van der Waals surface area contributed by atoms with E-state index in [9.17, 15) is 9.59 Å². The summed E-state index contributed by atoms with van der Waals surface area (Å²) >= 11 is 0. The minimum Gasteiger partial charge on any atom is -0.458 e. The summed E-state index contributed by atoms with van der Waals surface area (Å²) in [4.78, 5) is 24.9. The Kier molecular flexibility index (Phi) is 6.69. The maximum absolute atomic E-state index is 13.4. The van der Waals surface area contributed by atoms with Crippen molar-refractivity contribution in [3.63, 3.8) is 0 Å². The molecule has 32 heavy (non-hydrogen) atoms. The second kappa shape index (κ2) is 8.91. The zero-order valence-corrected chi connectivity index (χ0v) is 21.4. The van der Waals surface area contributed by atoms with Crippen LogP contribution in [0.1, 0.15) is 106 Å². The Hall–Kier alpha value is -1.12. The fraction of sp³-hybridized carbons (Fsp3) is 0.862. The molecule has 3 saturated carbocycles. The average molecular weight is 443 g/mol. The van der Waals surface area contributed by atoms with Crippen molar-refractivity contribution in [3.05, 3.63) is 11.6 Å². The first kappa shape index (κ1) is 24.0. The van der Waals surface area contributed by atoms with Gasteiger partial charge in [-0.3, -0.25) is 9.59 Å². The van der Waals surface area contributed by atoms with Gasteiger partial charge in [-0.25, -0.2) is 0 Å². The van der Waals surface area contributed by atoms with E-state index in [0.717, 1.165) is 36.2 Å². The first-order valence-corrected chi connectivity index (χ1v) is 13.5. The lowest BCUT2D eigenvalue weighted by Crippen LogP contribution is -2.53. The monoisotopic (exact) mass is 442 g/mol. The van der Waals surface area contributed by atoms with Crippen molar-refractivity contribution in [1.82, 2.24) is 0 Å². The molecule has 3 fully saturated rings. The summed E-state index contributed by atoms with van der Waals surface area (Å²) in [5, 5.41) is 0. The van der Waals surface area contributed by atoms with Crippen molar-refractivity contribution in [1.29, 1.82) is 0 Å². The molecule has 4 aliphatic rings. The Bertz CT molecular complexity index is 766. The standard InChI is InChI=1S/C29H46O3/c1-18(2)8-7-9-19(3)23-10-11-24-22-17-27(31)26-16-21(32-20(4)30)12-14-29(26,6)25(22)13-15-28(23,24)5/h16,18-19,21-25H,7-15,17H2,1-6H3/t19-,21+,22?,23-,24?,25?,28-,29-/m1/s1. The lowest BCUT2D eigenvalue weighted by Gasteiger charge is -2.58. The smallest absolute Gasteiger partial charge is 0.303 e. The molecular weight excluding hydrogens is 396 g/mol. The van der Waals surface area contributed by atoms with Crippen molar-refractivity contribution in [3.8, 4) is 0 Å². The highest BCUT2D eigenvalue weighted by molar-refractivity contribution is 5.98. The van der Waals surface area contributed by atoms with E-state index >= 15 is 0 Å². The second-order valence-electron chi connectivity index (χ2n) is 12.7. The molecule has 0 radical (unpaired) electrons. The number of rotatable bonds is 6. The molecule has 0 aliphatic heterocycles. The predicted octanol–water partition coefficient (Wildman–Crippen LogP) is 7.14. The van der Waals surface area contributed by atoms with Crippen molar-refractivity contribution < 1.29 is 14.3 Å². The molecule has 0 saturated heterocycles. The molecule has 0 amide bonds. The van der Waals surface area contributed by atoms with Crippen LogP contribution in [-0.4, -0.2) is 17.9 Å². The van der Waals surface area contributed by atoms with E-state index in [0.29, 0.717) is 35.4 Å². The highest BCUT2D eigenvalue weighted by Crippen LogP contribution is 2.67. The van der Waals surface area contributed by atoms with Gasteiger partial charge in [0.2, 0.25) is 0 Å². The molecule has 0 spiro atoms. The summed E-state index contributed by atoms with van der Waals surface area (Å²) in [6.45, 7) is 13.6. The number of carbonyl (C=O) groups is 2. The van der Waals surface area contributed by atoms with Gasteiger partial charge >= 0.3 is 5.97 Å². The topological polar surface area (TPSA) is 43.4 Å². The van der Waals surface area contributed by atoms with Crippen LogP contribution in [-0.2, 0) is 14.3 Å². The Morgan fingerprint density at radius 2 is 1.81 bits per heavy atom. The molecule has 3 nitrogen and oxygen atoms in total. The third-order valence-electron chi connectivity index (χ3n) is 10.4. The van der Waals surface area contributed by atoms with Crippen LogP contribution in [0.2, 0.25) is 0 Å². The van der Waals surface area contributed by atoms with E-state index in [2.05, 4.69) is 34.6 Å². The van der Waals surface area contributed by atoms with Crippen LogP contribution in [0.4, 0.5) is 0 Å². The molecule has 4 aliphatic carbocycles. The van der Waals surface area contributed by atoms with Crippen LogP contribution < -0.4 is 0 Å². The van der Waals surface area contributed by atoms with E-state index in [4.69, 9.17) is 4.74 Å². The van der Waals surface area contributed by atoms with Gasteiger partial charge in [0.25, 0.3) is 0 Å². The molecule has 0 aromatic carbocycles. The summed E-state index contributed by atoms with van der Waals surface area (Å²) in [7, 11) is 0. The van der Waals surface area contributed by atoms with Gasteiger partial charge in [0.05, 0.1) is 0 Å². The number of fused-ring (bicyclic) bond motifs is 5. The lowest BCUT2D eigenvalue weighted by molar-refractivity contribution is -0.146. The Labute approximate surface area is 196 Å². The quantitative estimate of drug-likeness (QED) is 0.411. The fourth-order valence-electron chi connectivity index (χ4n) is 8.85. The summed E-state index contributed by atoms with van der Waals surface area (Å²) in [6, 6.07) is 0. The summed E-state index contributed by atoms with van der Waals surface area (Å²) < 4.78 is 5.47. The lowest BCUT2D eigenvalue weighted by atomic mass is 9.46. The van der Waals surface area contributed by atoms with Gasteiger partial charge in [-0.15, -0.1) is 0 Å². The van der Waals surface area contributed by atoms with Gasteiger partial charge < -0.3 is 4.74 Å². The number of allylic oxidation sites excluding steroid dienone is 1. The molecule has 8 atom stereocenters. The Morgan fingerprint density at radius 1 is 1.06 bits per heavy atom. The van der Waals surface area contributed by atoms with Gasteiger partial charge in [-0.2, -0.15) is 0 Å². The minimum atomic E-state index is -0.246. The van der Waals surface area contributed by atoms with Crippen molar-refractivity contribution >= 4 is 11.8 Å². The number of Topliss-reactive ketones (excluding diaryl/α,β-unsaturated/α-hetero) is 1. The van der Waals surface area contributed by atoms with Crippen LogP contribution in [0, 0.1) is 46.3 Å². The van der Waals surface area contributed by atoms with E-state index in [1.807, 2.05) is 6.08 Å². The van der Waals surface area contributed by atoms with Gasteiger partial charge in [-0.1, -0.05) is 53.9 Å². The molecule has 4 rings (SSSR count). The largest absolute Gasteiger partial charge is 0.458 e. The maximum atomic E-state index is 13.4. The van der Waals surface area contributed by atoms with Gasteiger partial charge in [-0.05, 0) is 90.9 Å². The number of hydrogen-bond acceptors (Lipinski definition) is 3. The SMILES string of the molecule is CC(=O)O[C@@H]1C=C2C(=O)CC3C(CC[C@@]4(C)C3CC[C@@H]4[C@H](C)CCCC(C)C)[C@@]2(C)CC1. The zero-order chi connectivity index (χ0) is 23.3. The summed E-state index contributed by atoms with van der Waals surface area (Å²) in [5.41, 5.74) is 1.36. The molecule has 0 bridgehead atoms. The first-order valence-electron chi connectivity index (χ1n) is 13.5. The van der Waals surface area contributed by atoms with Crippen molar-refractivity contribution in [2.75, 3.05) is 0 Å². The van der Waals surface area contributed by atoms with E-state index in [1.54, 1.807) is 0 Å². The maximum Gasteiger partial charge on any atom is 0.303 e.